The number of esters is 2. The summed E-state index contributed by atoms with van der Waals surface area (Å²) in [4.78, 5) is 24.9. The molecule has 2 unspecified atom stereocenters. The molecule has 4 heteroatoms. The first kappa shape index (κ1) is 33.5. The Kier molecular flexibility index (Phi) is 13.1. The molecule has 0 saturated carbocycles. The van der Waals surface area contributed by atoms with Gasteiger partial charge in [-0.15, -0.1) is 0 Å². The highest BCUT2D eigenvalue weighted by Crippen LogP contribution is 2.40. The van der Waals surface area contributed by atoms with Crippen LogP contribution in [0.4, 0.5) is 0 Å². The van der Waals surface area contributed by atoms with Crippen LogP contribution < -0.4 is 0 Å². The quantitative estimate of drug-likeness (QED) is 0.0743. The van der Waals surface area contributed by atoms with E-state index in [4.69, 9.17) is 9.47 Å². The summed E-state index contributed by atoms with van der Waals surface area (Å²) in [5.41, 5.74) is 4.75. The Labute approximate surface area is 265 Å². The second-order valence-electron chi connectivity index (χ2n) is 12.7. The first-order valence-electron chi connectivity index (χ1n) is 16.9. The Morgan fingerprint density at radius 1 is 0.568 bits per heavy atom. The molecule has 0 heterocycles. The molecular formula is C40H52O4. The van der Waals surface area contributed by atoms with E-state index in [1.807, 2.05) is 0 Å². The van der Waals surface area contributed by atoms with E-state index in [0.29, 0.717) is 0 Å². The number of carbonyl (C=O) groups excluding carboxylic acids is 2. The van der Waals surface area contributed by atoms with Crippen molar-refractivity contribution in [3.63, 3.8) is 0 Å². The number of rotatable bonds is 18. The number of ether oxygens (including phenoxy) is 2. The van der Waals surface area contributed by atoms with Crippen molar-refractivity contribution in [3.8, 4) is 0 Å². The van der Waals surface area contributed by atoms with E-state index < -0.39 is 10.8 Å². The lowest BCUT2D eigenvalue weighted by Gasteiger charge is -2.24. The monoisotopic (exact) mass is 596 g/mol. The molecule has 0 aromatic heterocycles. The lowest BCUT2D eigenvalue weighted by Crippen LogP contribution is -2.28. The molecule has 2 atom stereocenters. The molecule has 0 spiro atoms. The lowest BCUT2D eigenvalue weighted by molar-refractivity contribution is -0.151. The van der Waals surface area contributed by atoms with Gasteiger partial charge < -0.3 is 9.47 Å². The van der Waals surface area contributed by atoms with Gasteiger partial charge in [0.1, 0.15) is 0 Å². The Bertz CT molecular complexity index is 1180. The van der Waals surface area contributed by atoms with Crippen molar-refractivity contribution < 1.29 is 19.1 Å². The molecular weight excluding hydrogens is 544 g/mol. The molecule has 0 amide bonds. The van der Waals surface area contributed by atoms with Gasteiger partial charge in [0, 0.05) is 0 Å². The van der Waals surface area contributed by atoms with Crippen LogP contribution in [0.15, 0.2) is 85.0 Å². The van der Waals surface area contributed by atoms with Crippen LogP contribution in [-0.2, 0) is 19.1 Å². The number of methoxy groups -OCH3 is 2. The zero-order valence-electron chi connectivity index (χ0n) is 27.0. The average molecular weight is 597 g/mol. The van der Waals surface area contributed by atoms with Gasteiger partial charge in [0.05, 0.1) is 25.0 Å². The zero-order chi connectivity index (χ0) is 31.1. The number of carbonyl (C=O) groups is 2. The van der Waals surface area contributed by atoms with Gasteiger partial charge in [-0.2, -0.15) is 0 Å². The fourth-order valence-electron chi connectivity index (χ4n) is 7.24. The average Bonchev–Trinajstić information content (AvgIpc) is 3.76. The summed E-state index contributed by atoms with van der Waals surface area (Å²) in [6.07, 6.45) is 24.9. The first-order valence-corrected chi connectivity index (χ1v) is 16.9. The van der Waals surface area contributed by atoms with E-state index in [2.05, 4.69) is 85.0 Å². The molecule has 2 aliphatic rings. The zero-order valence-corrected chi connectivity index (χ0v) is 27.0. The van der Waals surface area contributed by atoms with Gasteiger partial charge in [0.15, 0.2) is 0 Å². The summed E-state index contributed by atoms with van der Waals surface area (Å²) in [5.74, 6) is -0.155. The summed E-state index contributed by atoms with van der Waals surface area (Å²) in [7, 11) is 3.01. The van der Waals surface area contributed by atoms with Gasteiger partial charge in [-0.1, -0.05) is 123 Å². The topological polar surface area (TPSA) is 52.6 Å². The minimum absolute atomic E-state index is 0.0774. The summed E-state index contributed by atoms with van der Waals surface area (Å²) in [6.45, 7) is 0. The third-order valence-electron chi connectivity index (χ3n) is 9.78. The maximum Gasteiger partial charge on any atom is 0.315 e. The summed E-state index contributed by atoms with van der Waals surface area (Å²) >= 11 is 0. The largest absolute Gasteiger partial charge is 0.468 e. The van der Waals surface area contributed by atoms with Gasteiger partial charge in [-0.25, -0.2) is 0 Å². The van der Waals surface area contributed by atoms with Gasteiger partial charge in [0.25, 0.3) is 0 Å². The van der Waals surface area contributed by atoms with Crippen molar-refractivity contribution >= 4 is 23.1 Å². The number of hydrogen-bond acceptors (Lipinski definition) is 4. The smallest absolute Gasteiger partial charge is 0.315 e. The number of benzene rings is 2. The van der Waals surface area contributed by atoms with Crippen molar-refractivity contribution in [2.45, 2.75) is 103 Å². The van der Waals surface area contributed by atoms with E-state index in [1.54, 1.807) is 0 Å². The molecule has 0 bridgehead atoms. The van der Waals surface area contributed by atoms with E-state index in [0.717, 1.165) is 103 Å². The fourth-order valence-corrected chi connectivity index (χ4v) is 7.24. The molecule has 2 aliphatic carbocycles. The summed E-state index contributed by atoms with van der Waals surface area (Å²) in [5, 5.41) is 0. The minimum Gasteiger partial charge on any atom is -0.468 e. The highest BCUT2D eigenvalue weighted by atomic mass is 16.5. The van der Waals surface area contributed by atoms with Crippen LogP contribution in [0, 0.1) is 10.8 Å². The van der Waals surface area contributed by atoms with E-state index in [9.17, 15) is 9.59 Å². The second-order valence-corrected chi connectivity index (χ2v) is 12.7. The molecule has 4 nitrogen and oxygen atoms in total. The van der Waals surface area contributed by atoms with Gasteiger partial charge in [-0.3, -0.25) is 9.59 Å². The first-order chi connectivity index (χ1) is 21.5. The Balaban J connectivity index is 1.37. The summed E-state index contributed by atoms with van der Waals surface area (Å²) in [6, 6.07) is 21.8. The standard InChI is InChI=1S/C40H52O4/c1-43-37(41)39(29-17-18-30-39)27-15-5-3-13-25-35(33-21-9-7-10-22-33)36(34-23-11-8-12-24-34)26-14-4-6-16-28-40(38(42)44-2)31-19-20-32-40/h7-12,17,19,21-24,29,31H,3-6,13-16,18,20,25-28,30,32H2,1-2H3/b36-35-. The third kappa shape index (κ3) is 8.83. The highest BCUT2D eigenvalue weighted by Gasteiger charge is 2.39. The predicted octanol–water partition coefficient (Wildman–Crippen LogP) is 10.3. The molecule has 236 valence electrons. The maximum absolute atomic E-state index is 12.5. The summed E-state index contributed by atoms with van der Waals surface area (Å²) < 4.78 is 10.3. The lowest BCUT2D eigenvalue weighted by atomic mass is 9.81. The molecule has 0 saturated heterocycles. The van der Waals surface area contributed by atoms with Gasteiger partial charge in [0.2, 0.25) is 0 Å². The fraction of sp³-hybridized carbons (Fsp3) is 0.500. The van der Waals surface area contributed by atoms with Crippen LogP contribution >= 0.6 is 0 Å². The third-order valence-corrected chi connectivity index (χ3v) is 9.78. The normalized spacial score (nSPS) is 21.3. The molecule has 0 aliphatic heterocycles. The van der Waals surface area contributed by atoms with Crippen LogP contribution in [0.5, 0.6) is 0 Å². The molecule has 0 radical (unpaired) electrons. The molecule has 4 rings (SSSR count). The van der Waals surface area contributed by atoms with E-state index in [1.165, 1.54) is 36.5 Å². The highest BCUT2D eigenvalue weighted by molar-refractivity contribution is 5.90. The maximum atomic E-state index is 12.5. The van der Waals surface area contributed by atoms with Crippen LogP contribution in [0.1, 0.15) is 114 Å². The van der Waals surface area contributed by atoms with Crippen molar-refractivity contribution in [1.29, 1.82) is 0 Å². The van der Waals surface area contributed by atoms with Crippen LogP contribution in [0.3, 0.4) is 0 Å². The minimum atomic E-state index is -0.405. The molecule has 0 N–H and O–H groups in total. The number of allylic oxidation sites excluding steroid dienone is 4. The Hall–Kier alpha value is -3.40. The van der Waals surface area contributed by atoms with Crippen molar-refractivity contribution in [3.05, 3.63) is 96.1 Å². The van der Waals surface area contributed by atoms with Crippen LogP contribution in [0.2, 0.25) is 0 Å². The molecule has 2 aromatic carbocycles. The SMILES string of the molecule is COC(=O)C1(CCCCCC/C(=C(\CCCCCCC2(C(=O)OC)C=CCC2)c2ccccc2)c2ccccc2)C=CCC1. The van der Waals surface area contributed by atoms with Crippen molar-refractivity contribution in [1.82, 2.24) is 0 Å². The number of hydrogen-bond donors (Lipinski definition) is 0. The Morgan fingerprint density at radius 2 is 0.955 bits per heavy atom. The predicted molar refractivity (Wildman–Crippen MR) is 181 cm³/mol. The van der Waals surface area contributed by atoms with Crippen LogP contribution in [0.25, 0.3) is 11.1 Å². The van der Waals surface area contributed by atoms with E-state index in [-0.39, 0.29) is 11.9 Å². The Morgan fingerprint density at radius 3 is 1.30 bits per heavy atom. The van der Waals surface area contributed by atoms with Gasteiger partial charge >= 0.3 is 11.9 Å². The van der Waals surface area contributed by atoms with E-state index >= 15 is 0 Å². The molecule has 0 fully saturated rings. The second kappa shape index (κ2) is 17.2. The molecule has 2 aromatic rings. The van der Waals surface area contributed by atoms with Crippen molar-refractivity contribution in [2.24, 2.45) is 10.8 Å². The van der Waals surface area contributed by atoms with Gasteiger partial charge in [-0.05, 0) is 86.5 Å². The molecule has 44 heavy (non-hydrogen) atoms. The number of unbranched alkanes of at least 4 members (excludes halogenated alkanes) is 6. The van der Waals surface area contributed by atoms with Crippen LogP contribution in [-0.4, -0.2) is 26.2 Å². The van der Waals surface area contributed by atoms with Crippen molar-refractivity contribution in [2.75, 3.05) is 14.2 Å².